The Morgan fingerprint density at radius 2 is 1.70 bits per heavy atom. The Balaban J connectivity index is 0.00000506. The number of aromatic amines is 1. The summed E-state index contributed by atoms with van der Waals surface area (Å²) in [5, 5.41) is 2.82. The Hall–Kier alpha value is -3.38. The Labute approximate surface area is 251 Å². The minimum Gasteiger partial charge on any atom is -0.366 e. The highest BCUT2D eigenvalue weighted by Crippen LogP contribution is 2.37. The average Bonchev–Trinajstić information content (AvgIpc) is 3.31. The van der Waals surface area contributed by atoms with Crippen LogP contribution in [-0.4, -0.2) is 55.3 Å². The first-order chi connectivity index (χ1) is 19.9. The van der Waals surface area contributed by atoms with Crippen LogP contribution in [0.4, 0.5) is 18.9 Å². The largest absolute Gasteiger partial charge is 0.417 e. The minimum atomic E-state index is -4.67. The third-order valence-corrected chi connectivity index (χ3v) is 9.59. The number of benzene rings is 2. The van der Waals surface area contributed by atoms with Crippen LogP contribution in [0.2, 0.25) is 0 Å². The summed E-state index contributed by atoms with van der Waals surface area (Å²) in [5.41, 5.74) is -0.695. The lowest BCUT2D eigenvalue weighted by molar-refractivity contribution is -0.136. The zero-order valence-corrected chi connectivity index (χ0v) is 24.8. The van der Waals surface area contributed by atoms with Crippen LogP contribution in [0.25, 0.3) is 10.9 Å². The molecule has 2 heterocycles. The zero-order valence-electron chi connectivity index (χ0n) is 24.0. The molecular weight excluding hydrogens is 581 g/mol. The number of aromatic nitrogens is 1. The molecule has 0 unspecified atom stereocenters. The first-order valence-electron chi connectivity index (χ1n) is 14.3. The fourth-order valence-corrected chi connectivity index (χ4v) is 7.31. The molecule has 1 aliphatic heterocycles. The van der Waals surface area contributed by atoms with Crippen molar-refractivity contribution in [1.82, 2.24) is 14.6 Å². The fourth-order valence-electron chi connectivity index (χ4n) is 5.69. The third-order valence-electron chi connectivity index (χ3n) is 7.68. The van der Waals surface area contributed by atoms with Crippen LogP contribution in [0.1, 0.15) is 76.2 Å². The van der Waals surface area contributed by atoms with Gasteiger partial charge in [-0.1, -0.05) is 21.3 Å². The Bertz CT molecular complexity index is 1570. The van der Waals surface area contributed by atoms with E-state index in [9.17, 15) is 31.2 Å². The number of amides is 1. The average molecular weight is 623 g/mol. The van der Waals surface area contributed by atoms with Crippen molar-refractivity contribution in [3.8, 4) is 0 Å². The van der Waals surface area contributed by atoms with E-state index in [-0.39, 0.29) is 41.2 Å². The van der Waals surface area contributed by atoms with Crippen molar-refractivity contribution in [2.24, 2.45) is 0 Å². The van der Waals surface area contributed by atoms with Gasteiger partial charge in [-0.05, 0) is 81.5 Å². The number of fused-ring (bicyclic) bond motifs is 1. The molecule has 0 bridgehead atoms. The number of carbonyl (C=O) groups is 1. The van der Waals surface area contributed by atoms with Crippen LogP contribution in [0.5, 0.6) is 0 Å². The predicted octanol–water partition coefficient (Wildman–Crippen LogP) is 6.17. The summed E-state index contributed by atoms with van der Waals surface area (Å²) in [6.45, 7) is 7.05. The minimum absolute atomic E-state index is 0. The number of hydrogen-bond donors (Lipinski definition) is 2. The highest BCUT2D eigenvalue weighted by molar-refractivity contribution is 7.89. The molecule has 0 radical (unpaired) electrons. The van der Waals surface area contributed by atoms with Crippen molar-refractivity contribution >= 4 is 32.5 Å². The van der Waals surface area contributed by atoms with Gasteiger partial charge in [0.2, 0.25) is 15.6 Å². The fraction of sp³-hybridized carbons (Fsp3) is 0.484. The normalized spacial score (nSPS) is 17.3. The van der Waals surface area contributed by atoms with E-state index >= 15 is 0 Å². The SMILES string of the molecule is C.CCCN(CCC)S(=O)(=O)c1ccc(C(=O)NCC[C@H]2CC[C@@H](C)N2c2ccc3[nH]c(=O)cc(C(F)(F)F)c3c2)cc1. The molecule has 3 aromatic rings. The number of alkyl halides is 3. The molecular formula is C31H41F3N4O4S. The van der Waals surface area contributed by atoms with E-state index in [2.05, 4.69) is 15.2 Å². The summed E-state index contributed by atoms with van der Waals surface area (Å²) in [6, 6.07) is 11.2. The maximum Gasteiger partial charge on any atom is 0.417 e. The maximum absolute atomic E-state index is 13.7. The molecule has 2 N–H and O–H groups in total. The first kappa shape index (κ1) is 34.1. The molecule has 0 spiro atoms. The maximum atomic E-state index is 13.7. The molecule has 0 aliphatic carbocycles. The van der Waals surface area contributed by atoms with Gasteiger partial charge in [0, 0.05) is 59.9 Å². The van der Waals surface area contributed by atoms with Crippen molar-refractivity contribution in [2.75, 3.05) is 24.5 Å². The third kappa shape index (κ3) is 7.59. The number of carbonyl (C=O) groups excluding carboxylic acids is 1. The second kappa shape index (κ2) is 13.9. The number of anilines is 1. The molecule has 1 aliphatic rings. The number of rotatable bonds is 11. The lowest BCUT2D eigenvalue weighted by Gasteiger charge is -2.31. The number of H-pyrrole nitrogens is 1. The monoisotopic (exact) mass is 622 g/mol. The van der Waals surface area contributed by atoms with Crippen LogP contribution in [0.3, 0.4) is 0 Å². The summed E-state index contributed by atoms with van der Waals surface area (Å²) in [6.07, 6.45) is -1.04. The number of pyridine rings is 1. The molecule has 43 heavy (non-hydrogen) atoms. The summed E-state index contributed by atoms with van der Waals surface area (Å²) in [7, 11) is -3.64. The van der Waals surface area contributed by atoms with Crippen molar-refractivity contribution in [3.63, 3.8) is 0 Å². The standard InChI is InChI=1S/C30H37F3N4O4S.CH4/c1-4-16-36(17-5-2)42(40,41)24-11-7-21(8-12-24)29(39)34-15-14-22-9-6-20(3)37(22)23-10-13-27-25(18-23)26(30(31,32)33)19-28(38)35-27;/h7-8,10-13,18-20,22H,4-6,9,14-17H2,1-3H3,(H,34,39)(H,35,38);1H4/t20-,22-;/m1./s1. The van der Waals surface area contributed by atoms with Gasteiger partial charge in [0.1, 0.15) is 0 Å². The molecule has 2 atom stereocenters. The summed E-state index contributed by atoms with van der Waals surface area (Å²) in [5.74, 6) is -0.333. The van der Waals surface area contributed by atoms with Gasteiger partial charge >= 0.3 is 6.18 Å². The highest BCUT2D eigenvalue weighted by atomic mass is 32.2. The van der Waals surface area contributed by atoms with Gasteiger partial charge in [0.05, 0.1) is 10.5 Å². The molecule has 1 fully saturated rings. The topological polar surface area (TPSA) is 103 Å². The second-order valence-corrected chi connectivity index (χ2v) is 12.7. The van der Waals surface area contributed by atoms with E-state index in [1.54, 1.807) is 6.07 Å². The van der Waals surface area contributed by atoms with Crippen LogP contribution >= 0.6 is 0 Å². The highest BCUT2D eigenvalue weighted by Gasteiger charge is 2.35. The lowest BCUT2D eigenvalue weighted by Crippen LogP contribution is -2.37. The van der Waals surface area contributed by atoms with Crippen molar-refractivity contribution in [1.29, 1.82) is 0 Å². The van der Waals surface area contributed by atoms with E-state index in [1.807, 2.05) is 20.8 Å². The van der Waals surface area contributed by atoms with Crippen LogP contribution in [0.15, 0.2) is 58.2 Å². The van der Waals surface area contributed by atoms with Crippen molar-refractivity contribution in [2.45, 2.75) is 83.5 Å². The Kier molecular flexibility index (Phi) is 11.1. The van der Waals surface area contributed by atoms with Gasteiger partial charge in [0.25, 0.3) is 5.91 Å². The molecule has 1 saturated heterocycles. The van der Waals surface area contributed by atoms with Gasteiger partial charge in [-0.2, -0.15) is 17.5 Å². The van der Waals surface area contributed by atoms with Gasteiger partial charge < -0.3 is 15.2 Å². The van der Waals surface area contributed by atoms with Crippen molar-refractivity contribution < 1.29 is 26.4 Å². The number of hydrogen-bond acceptors (Lipinski definition) is 5. The van der Waals surface area contributed by atoms with Gasteiger partial charge in [-0.3, -0.25) is 9.59 Å². The van der Waals surface area contributed by atoms with Gasteiger partial charge in [-0.15, -0.1) is 0 Å². The summed E-state index contributed by atoms with van der Waals surface area (Å²) >= 11 is 0. The molecule has 12 heteroatoms. The number of nitrogens with zero attached hydrogens (tertiary/aromatic N) is 2. The smallest absolute Gasteiger partial charge is 0.366 e. The number of sulfonamides is 1. The second-order valence-electron chi connectivity index (χ2n) is 10.7. The van der Waals surface area contributed by atoms with Gasteiger partial charge in [-0.25, -0.2) is 8.42 Å². The molecule has 1 aromatic heterocycles. The zero-order chi connectivity index (χ0) is 30.7. The Morgan fingerprint density at radius 1 is 1.05 bits per heavy atom. The molecule has 2 aromatic carbocycles. The van der Waals surface area contributed by atoms with Crippen LogP contribution in [-0.2, 0) is 16.2 Å². The van der Waals surface area contributed by atoms with Crippen molar-refractivity contribution in [3.05, 3.63) is 70.0 Å². The molecule has 0 saturated carbocycles. The van der Waals surface area contributed by atoms with Crippen LogP contribution in [0, 0.1) is 0 Å². The summed E-state index contributed by atoms with van der Waals surface area (Å²) < 4.78 is 68.5. The lowest BCUT2D eigenvalue weighted by atomic mass is 10.1. The van der Waals surface area contributed by atoms with E-state index in [4.69, 9.17) is 0 Å². The number of halogens is 3. The molecule has 1 amide bonds. The number of nitrogens with one attached hydrogen (secondary N) is 2. The Morgan fingerprint density at radius 3 is 2.30 bits per heavy atom. The van der Waals surface area contributed by atoms with E-state index in [0.29, 0.717) is 56.2 Å². The van der Waals surface area contributed by atoms with Crippen LogP contribution < -0.4 is 15.8 Å². The predicted molar refractivity (Wildman–Crippen MR) is 164 cm³/mol. The van der Waals surface area contributed by atoms with E-state index in [1.165, 1.54) is 40.7 Å². The molecule has 8 nitrogen and oxygen atoms in total. The molecule has 4 rings (SSSR count). The van der Waals surface area contributed by atoms with E-state index in [0.717, 1.165) is 12.8 Å². The molecule has 236 valence electrons. The van der Waals surface area contributed by atoms with E-state index < -0.39 is 27.3 Å². The quantitative estimate of drug-likeness (QED) is 0.266. The van der Waals surface area contributed by atoms with Gasteiger partial charge in [0.15, 0.2) is 0 Å². The summed E-state index contributed by atoms with van der Waals surface area (Å²) in [4.78, 5) is 29.3. The first-order valence-corrected chi connectivity index (χ1v) is 15.7.